The smallest absolute Gasteiger partial charge is 0.166 e. The van der Waals surface area contributed by atoms with E-state index in [1.165, 1.54) is 6.42 Å². The van der Waals surface area contributed by atoms with Gasteiger partial charge >= 0.3 is 0 Å². The molecule has 3 unspecified atom stereocenters. The number of hydrogen-bond donors (Lipinski definition) is 0. The van der Waals surface area contributed by atoms with Gasteiger partial charge in [-0.2, -0.15) is 5.06 Å². The Morgan fingerprint density at radius 1 is 1.23 bits per heavy atom. The monoisotopic (exact) mass is 187 g/mol. The van der Waals surface area contributed by atoms with Crippen molar-refractivity contribution in [3.63, 3.8) is 0 Å². The highest BCUT2D eigenvalue weighted by Gasteiger charge is 2.28. The minimum atomic E-state index is 0.367. The number of nitrogens with zero attached hydrogens (tertiary/aromatic N) is 1. The van der Waals surface area contributed by atoms with Crippen molar-refractivity contribution in [3.05, 3.63) is 0 Å². The molecule has 0 saturated carbocycles. The molecule has 0 radical (unpaired) electrons. The fraction of sp³-hybridized carbons (Fsp3) is 1.00. The van der Waals surface area contributed by atoms with E-state index in [0.29, 0.717) is 18.8 Å². The van der Waals surface area contributed by atoms with Crippen LogP contribution in [0.15, 0.2) is 0 Å². The predicted octanol–water partition coefficient (Wildman–Crippen LogP) is 1.89. The van der Waals surface area contributed by atoms with Crippen LogP contribution in [0.5, 0.6) is 0 Å². The van der Waals surface area contributed by atoms with Gasteiger partial charge in [0.1, 0.15) is 0 Å². The maximum absolute atomic E-state index is 5.47. The van der Waals surface area contributed by atoms with E-state index in [0.717, 1.165) is 12.5 Å². The van der Waals surface area contributed by atoms with E-state index in [2.05, 4.69) is 20.8 Å². The van der Waals surface area contributed by atoms with E-state index >= 15 is 0 Å². The van der Waals surface area contributed by atoms with Gasteiger partial charge in [-0.1, -0.05) is 13.8 Å². The van der Waals surface area contributed by atoms with Crippen molar-refractivity contribution in [1.82, 2.24) is 5.06 Å². The number of hydroxylamine groups is 2. The predicted molar refractivity (Wildman–Crippen MR) is 52.1 cm³/mol. The summed E-state index contributed by atoms with van der Waals surface area (Å²) < 4.78 is 4.89. The summed E-state index contributed by atoms with van der Waals surface area (Å²) in [5.41, 5.74) is 0. The van der Waals surface area contributed by atoms with Gasteiger partial charge in [-0.15, -0.1) is 0 Å². The molecule has 0 spiro atoms. The summed E-state index contributed by atoms with van der Waals surface area (Å²) in [4.78, 5) is 5.47. The summed E-state index contributed by atoms with van der Waals surface area (Å²) >= 11 is 0. The highest BCUT2D eigenvalue weighted by molar-refractivity contribution is 4.76. The molecule has 3 atom stereocenters. The second kappa shape index (κ2) is 4.94. The fourth-order valence-corrected chi connectivity index (χ4v) is 1.83. The molecule has 0 aromatic rings. The van der Waals surface area contributed by atoms with Gasteiger partial charge in [0.05, 0.1) is 0 Å². The summed E-state index contributed by atoms with van der Waals surface area (Å²) in [5.74, 6) is 1.52. The lowest BCUT2D eigenvalue weighted by Crippen LogP contribution is -2.44. The molecule has 1 fully saturated rings. The van der Waals surface area contributed by atoms with Gasteiger partial charge in [0.2, 0.25) is 0 Å². The number of piperidine rings is 1. The average Bonchev–Trinajstić information content (AvgIpc) is 2.09. The van der Waals surface area contributed by atoms with Crippen molar-refractivity contribution in [3.8, 4) is 0 Å². The van der Waals surface area contributed by atoms with Crippen molar-refractivity contribution < 1.29 is 9.57 Å². The Labute approximate surface area is 81.0 Å². The lowest BCUT2D eigenvalue weighted by atomic mass is 9.86. The Balaban J connectivity index is 2.37. The van der Waals surface area contributed by atoms with Crippen LogP contribution in [0, 0.1) is 11.8 Å². The van der Waals surface area contributed by atoms with E-state index in [4.69, 9.17) is 9.57 Å². The fourth-order valence-electron chi connectivity index (χ4n) is 1.83. The summed E-state index contributed by atoms with van der Waals surface area (Å²) in [6.45, 7) is 8.18. The first kappa shape index (κ1) is 11.0. The van der Waals surface area contributed by atoms with Crippen LogP contribution in [-0.4, -0.2) is 31.6 Å². The lowest BCUT2D eigenvalue weighted by molar-refractivity contribution is -0.253. The Morgan fingerprint density at radius 3 is 2.54 bits per heavy atom. The SMILES string of the molecule is COCON1CC(C)C(C)CC1C. The molecule has 3 heteroatoms. The van der Waals surface area contributed by atoms with Crippen molar-refractivity contribution >= 4 is 0 Å². The first-order valence-corrected chi connectivity index (χ1v) is 5.03. The molecule has 1 aliphatic heterocycles. The molecule has 78 valence electrons. The Morgan fingerprint density at radius 2 is 1.92 bits per heavy atom. The van der Waals surface area contributed by atoms with Crippen molar-refractivity contribution in [2.24, 2.45) is 11.8 Å². The lowest BCUT2D eigenvalue weighted by Gasteiger charge is -2.39. The van der Waals surface area contributed by atoms with Crippen LogP contribution in [0.3, 0.4) is 0 Å². The van der Waals surface area contributed by atoms with Crippen LogP contribution in [-0.2, 0) is 9.57 Å². The Bertz CT molecular complexity index is 152. The van der Waals surface area contributed by atoms with Crippen molar-refractivity contribution in [2.75, 3.05) is 20.4 Å². The Hall–Kier alpha value is -0.120. The highest BCUT2D eigenvalue weighted by Crippen LogP contribution is 2.26. The molecule has 1 saturated heterocycles. The number of hydrogen-bond acceptors (Lipinski definition) is 3. The van der Waals surface area contributed by atoms with Gasteiger partial charge < -0.3 is 4.74 Å². The first-order valence-electron chi connectivity index (χ1n) is 5.03. The summed E-state index contributed by atoms with van der Waals surface area (Å²) in [7, 11) is 1.65. The second-order valence-corrected chi connectivity index (χ2v) is 4.17. The molecule has 0 aromatic carbocycles. The minimum absolute atomic E-state index is 0.367. The van der Waals surface area contributed by atoms with Crippen LogP contribution in [0.1, 0.15) is 27.2 Å². The van der Waals surface area contributed by atoms with E-state index in [-0.39, 0.29) is 0 Å². The molecule has 0 aliphatic carbocycles. The quantitative estimate of drug-likeness (QED) is 0.630. The molecular weight excluding hydrogens is 166 g/mol. The minimum Gasteiger partial charge on any atom is -0.357 e. The first-order chi connectivity index (χ1) is 6.15. The molecule has 0 amide bonds. The molecule has 1 heterocycles. The van der Waals surface area contributed by atoms with E-state index in [1.54, 1.807) is 7.11 Å². The third kappa shape index (κ3) is 2.93. The normalized spacial score (nSPS) is 36.5. The van der Waals surface area contributed by atoms with Gasteiger partial charge in [0.15, 0.2) is 6.79 Å². The van der Waals surface area contributed by atoms with Crippen molar-refractivity contribution in [1.29, 1.82) is 0 Å². The zero-order valence-corrected chi connectivity index (χ0v) is 9.12. The van der Waals surface area contributed by atoms with Gasteiger partial charge in [-0.3, -0.25) is 4.84 Å². The van der Waals surface area contributed by atoms with E-state index in [9.17, 15) is 0 Å². The number of methoxy groups -OCH3 is 1. The average molecular weight is 187 g/mol. The van der Waals surface area contributed by atoms with Gasteiger partial charge in [0, 0.05) is 19.7 Å². The van der Waals surface area contributed by atoms with E-state index < -0.39 is 0 Å². The number of rotatable bonds is 3. The molecule has 1 aliphatic rings. The Kier molecular flexibility index (Phi) is 4.16. The standard InChI is InChI=1S/C10H21NO2/c1-8-5-10(3)11(6-9(8)2)13-7-12-4/h8-10H,5-7H2,1-4H3. The van der Waals surface area contributed by atoms with Crippen LogP contribution in [0.2, 0.25) is 0 Å². The van der Waals surface area contributed by atoms with Crippen LogP contribution in [0.25, 0.3) is 0 Å². The van der Waals surface area contributed by atoms with E-state index in [1.807, 2.05) is 5.06 Å². The number of ether oxygens (including phenoxy) is 1. The molecule has 0 aromatic heterocycles. The summed E-state index contributed by atoms with van der Waals surface area (Å²) in [5, 5.41) is 2.05. The van der Waals surface area contributed by atoms with Crippen molar-refractivity contribution in [2.45, 2.75) is 33.2 Å². The maximum Gasteiger partial charge on any atom is 0.166 e. The molecule has 1 rings (SSSR count). The summed E-state index contributed by atoms with van der Waals surface area (Å²) in [6.07, 6.45) is 1.21. The third-order valence-electron chi connectivity index (χ3n) is 2.98. The van der Waals surface area contributed by atoms with Crippen LogP contribution >= 0.6 is 0 Å². The molecular formula is C10H21NO2. The topological polar surface area (TPSA) is 21.7 Å². The molecule has 0 bridgehead atoms. The molecule has 13 heavy (non-hydrogen) atoms. The third-order valence-corrected chi connectivity index (χ3v) is 2.98. The highest BCUT2D eigenvalue weighted by atomic mass is 16.8. The second-order valence-electron chi connectivity index (χ2n) is 4.17. The zero-order valence-electron chi connectivity index (χ0n) is 9.12. The van der Waals surface area contributed by atoms with Crippen LogP contribution in [0.4, 0.5) is 0 Å². The van der Waals surface area contributed by atoms with Gasteiger partial charge in [0.25, 0.3) is 0 Å². The summed E-state index contributed by atoms with van der Waals surface area (Å²) in [6, 6.07) is 0.515. The molecule has 0 N–H and O–H groups in total. The molecule has 3 nitrogen and oxygen atoms in total. The van der Waals surface area contributed by atoms with Crippen LogP contribution < -0.4 is 0 Å². The van der Waals surface area contributed by atoms with Gasteiger partial charge in [-0.05, 0) is 25.2 Å². The maximum atomic E-state index is 5.47. The zero-order chi connectivity index (χ0) is 9.84. The largest absolute Gasteiger partial charge is 0.357 e. The van der Waals surface area contributed by atoms with Gasteiger partial charge in [-0.25, -0.2) is 0 Å².